The number of ether oxygens (including phenoxy) is 1. The number of nitrogens with one attached hydrogen (secondary N) is 1. The van der Waals surface area contributed by atoms with Crippen LogP contribution in [0.15, 0.2) is 85.1 Å². The lowest BCUT2D eigenvalue weighted by Gasteiger charge is -2.07. The van der Waals surface area contributed by atoms with Crippen LogP contribution < -0.4 is 10.1 Å². The molecule has 6 heteroatoms. The van der Waals surface area contributed by atoms with Crippen LogP contribution in [0.3, 0.4) is 0 Å². The molecule has 0 fully saturated rings. The Morgan fingerprint density at radius 2 is 1.83 bits per heavy atom. The fourth-order valence-corrected chi connectivity index (χ4v) is 3.20. The van der Waals surface area contributed by atoms with Gasteiger partial charge in [-0.2, -0.15) is 5.10 Å². The number of carbonyl (C=O) groups is 1. The van der Waals surface area contributed by atoms with Gasteiger partial charge in [-0.05, 0) is 29.8 Å². The van der Waals surface area contributed by atoms with Gasteiger partial charge in [-0.1, -0.05) is 48.5 Å². The van der Waals surface area contributed by atoms with Crippen molar-refractivity contribution >= 4 is 11.6 Å². The van der Waals surface area contributed by atoms with Gasteiger partial charge in [0.2, 0.25) is 0 Å². The molecule has 2 N–H and O–H groups in total. The number of methoxy groups -OCH3 is 1. The van der Waals surface area contributed by atoms with Gasteiger partial charge in [-0.3, -0.25) is 9.48 Å². The summed E-state index contributed by atoms with van der Waals surface area (Å²) in [5.41, 5.74) is 3.36. The third-order valence-corrected chi connectivity index (χ3v) is 4.64. The number of rotatable bonds is 6. The fraction of sp³-hybridized carbons (Fsp3) is 0.0833. The minimum Gasteiger partial charge on any atom is -0.508 e. The van der Waals surface area contributed by atoms with Crippen LogP contribution in [0.2, 0.25) is 0 Å². The number of nitrogens with zero attached hydrogens (tertiary/aromatic N) is 2. The molecule has 1 aromatic heterocycles. The SMILES string of the molecule is COc1cccc(-c2nn(Cc3ccccc3)cc2C(=O)Nc2cccc(O)c2)c1. The number of phenolic OH excluding ortho intramolecular Hbond substituents is 1. The molecule has 4 aromatic rings. The first-order valence-corrected chi connectivity index (χ1v) is 9.48. The number of hydrogen-bond acceptors (Lipinski definition) is 4. The normalized spacial score (nSPS) is 10.6. The minimum absolute atomic E-state index is 0.0839. The lowest BCUT2D eigenvalue weighted by molar-refractivity contribution is 0.102. The molecule has 0 saturated heterocycles. The highest BCUT2D eigenvalue weighted by molar-refractivity contribution is 6.08. The van der Waals surface area contributed by atoms with Crippen molar-refractivity contribution in [2.45, 2.75) is 6.54 Å². The molecule has 1 amide bonds. The first-order valence-electron chi connectivity index (χ1n) is 9.48. The van der Waals surface area contributed by atoms with Crippen LogP contribution in [-0.2, 0) is 6.54 Å². The molecular formula is C24H21N3O3. The van der Waals surface area contributed by atoms with Gasteiger partial charge in [0.25, 0.3) is 5.91 Å². The maximum absolute atomic E-state index is 13.1. The minimum atomic E-state index is -0.308. The molecule has 3 aromatic carbocycles. The van der Waals surface area contributed by atoms with Gasteiger partial charge in [0, 0.05) is 23.5 Å². The monoisotopic (exact) mass is 399 g/mol. The molecule has 0 aliphatic rings. The number of aromatic hydroxyl groups is 1. The van der Waals surface area contributed by atoms with E-state index in [0.717, 1.165) is 11.1 Å². The predicted octanol–water partition coefficient (Wildman–Crippen LogP) is 4.56. The van der Waals surface area contributed by atoms with E-state index in [2.05, 4.69) is 10.4 Å². The van der Waals surface area contributed by atoms with E-state index in [1.165, 1.54) is 6.07 Å². The van der Waals surface area contributed by atoms with Gasteiger partial charge in [-0.25, -0.2) is 0 Å². The van der Waals surface area contributed by atoms with Crippen molar-refractivity contribution in [3.8, 4) is 22.8 Å². The maximum Gasteiger partial charge on any atom is 0.259 e. The second kappa shape index (κ2) is 8.53. The summed E-state index contributed by atoms with van der Waals surface area (Å²) in [5, 5.41) is 17.2. The Hall–Kier alpha value is -4.06. The Morgan fingerprint density at radius 1 is 1.03 bits per heavy atom. The van der Waals surface area contributed by atoms with Crippen LogP contribution in [-0.4, -0.2) is 27.9 Å². The van der Waals surface area contributed by atoms with E-state index in [1.807, 2.05) is 54.6 Å². The van der Waals surface area contributed by atoms with Crippen molar-refractivity contribution in [1.82, 2.24) is 9.78 Å². The highest BCUT2D eigenvalue weighted by Gasteiger charge is 2.19. The van der Waals surface area contributed by atoms with Crippen molar-refractivity contribution in [1.29, 1.82) is 0 Å². The number of amides is 1. The summed E-state index contributed by atoms with van der Waals surface area (Å²) < 4.78 is 7.08. The molecule has 6 nitrogen and oxygen atoms in total. The third-order valence-electron chi connectivity index (χ3n) is 4.64. The van der Waals surface area contributed by atoms with Gasteiger partial charge >= 0.3 is 0 Å². The largest absolute Gasteiger partial charge is 0.508 e. The molecule has 150 valence electrons. The van der Waals surface area contributed by atoms with E-state index in [4.69, 9.17) is 4.74 Å². The zero-order chi connectivity index (χ0) is 20.9. The van der Waals surface area contributed by atoms with E-state index in [9.17, 15) is 9.90 Å². The van der Waals surface area contributed by atoms with Crippen molar-refractivity contribution < 1.29 is 14.6 Å². The van der Waals surface area contributed by atoms with Crippen LogP contribution >= 0.6 is 0 Å². The number of hydrogen-bond donors (Lipinski definition) is 2. The number of phenols is 1. The molecule has 0 aliphatic carbocycles. The Labute approximate surface area is 174 Å². The molecule has 0 unspecified atom stereocenters. The number of carbonyl (C=O) groups excluding carboxylic acids is 1. The maximum atomic E-state index is 13.1. The Kier molecular flexibility index (Phi) is 5.48. The number of anilines is 1. The summed E-state index contributed by atoms with van der Waals surface area (Å²) in [6, 6.07) is 23.8. The molecule has 0 saturated carbocycles. The van der Waals surface area contributed by atoms with Crippen LogP contribution in [0.1, 0.15) is 15.9 Å². The standard InChI is InChI=1S/C24H21N3O3/c1-30-21-12-5-9-18(13-21)23-22(24(29)25-19-10-6-11-20(28)14-19)16-27(26-23)15-17-7-3-2-4-8-17/h2-14,16,28H,15H2,1H3,(H,25,29). The van der Waals surface area contributed by atoms with Crippen LogP contribution in [0.5, 0.6) is 11.5 Å². The lowest BCUT2D eigenvalue weighted by atomic mass is 10.1. The molecule has 0 bridgehead atoms. The zero-order valence-electron chi connectivity index (χ0n) is 16.4. The predicted molar refractivity (Wildman–Crippen MR) is 116 cm³/mol. The Balaban J connectivity index is 1.71. The molecular weight excluding hydrogens is 378 g/mol. The van der Waals surface area contributed by atoms with E-state index in [1.54, 1.807) is 36.2 Å². The fourth-order valence-electron chi connectivity index (χ4n) is 3.20. The van der Waals surface area contributed by atoms with E-state index < -0.39 is 0 Å². The van der Waals surface area contributed by atoms with Crippen LogP contribution in [0.25, 0.3) is 11.3 Å². The summed E-state index contributed by atoms with van der Waals surface area (Å²) in [6.45, 7) is 0.539. The van der Waals surface area contributed by atoms with E-state index in [0.29, 0.717) is 29.2 Å². The lowest BCUT2D eigenvalue weighted by Crippen LogP contribution is -2.12. The van der Waals surface area contributed by atoms with Gasteiger partial charge in [0.15, 0.2) is 0 Å². The second-order valence-electron chi connectivity index (χ2n) is 6.81. The number of benzene rings is 3. The zero-order valence-corrected chi connectivity index (χ0v) is 16.4. The van der Waals surface area contributed by atoms with Crippen LogP contribution in [0.4, 0.5) is 5.69 Å². The topological polar surface area (TPSA) is 76.4 Å². The van der Waals surface area contributed by atoms with Crippen LogP contribution in [0, 0.1) is 0 Å². The molecule has 0 radical (unpaired) electrons. The van der Waals surface area contributed by atoms with Gasteiger partial charge in [-0.15, -0.1) is 0 Å². The molecule has 0 spiro atoms. The van der Waals surface area contributed by atoms with Crippen molar-refractivity contribution in [3.05, 3.63) is 96.2 Å². The molecule has 30 heavy (non-hydrogen) atoms. The smallest absolute Gasteiger partial charge is 0.259 e. The van der Waals surface area contributed by atoms with E-state index in [-0.39, 0.29) is 11.7 Å². The average Bonchev–Trinajstić information content (AvgIpc) is 3.18. The molecule has 4 rings (SSSR count). The van der Waals surface area contributed by atoms with Gasteiger partial charge < -0.3 is 15.2 Å². The third kappa shape index (κ3) is 4.33. The summed E-state index contributed by atoms with van der Waals surface area (Å²) >= 11 is 0. The van der Waals surface area contributed by atoms with Crippen molar-refractivity contribution in [2.24, 2.45) is 0 Å². The first kappa shape index (κ1) is 19.3. The summed E-state index contributed by atoms with van der Waals surface area (Å²) in [5.74, 6) is 0.461. The molecule has 0 aliphatic heterocycles. The highest BCUT2D eigenvalue weighted by Crippen LogP contribution is 2.27. The summed E-state index contributed by atoms with van der Waals surface area (Å²) in [4.78, 5) is 13.1. The summed E-state index contributed by atoms with van der Waals surface area (Å²) in [6.07, 6.45) is 1.74. The quantitative estimate of drug-likeness (QED) is 0.498. The van der Waals surface area contributed by atoms with Crippen molar-refractivity contribution in [2.75, 3.05) is 12.4 Å². The highest BCUT2D eigenvalue weighted by atomic mass is 16.5. The first-order chi connectivity index (χ1) is 14.6. The second-order valence-corrected chi connectivity index (χ2v) is 6.81. The van der Waals surface area contributed by atoms with Gasteiger partial charge in [0.1, 0.15) is 17.2 Å². The Bertz CT molecular complexity index is 1170. The molecule has 0 atom stereocenters. The molecule has 1 heterocycles. The Morgan fingerprint density at radius 3 is 2.60 bits per heavy atom. The van der Waals surface area contributed by atoms with E-state index >= 15 is 0 Å². The van der Waals surface area contributed by atoms with Crippen molar-refractivity contribution in [3.63, 3.8) is 0 Å². The van der Waals surface area contributed by atoms with Gasteiger partial charge in [0.05, 0.1) is 19.2 Å². The average molecular weight is 399 g/mol. The summed E-state index contributed by atoms with van der Waals surface area (Å²) in [7, 11) is 1.60. The number of aromatic nitrogens is 2.